The van der Waals surface area contributed by atoms with Crippen LogP contribution in [0.1, 0.15) is 17.3 Å². The molecule has 0 fully saturated rings. The lowest BCUT2D eigenvalue weighted by atomic mass is 10.2. The van der Waals surface area contributed by atoms with E-state index < -0.39 is 21.7 Å². The van der Waals surface area contributed by atoms with Crippen LogP contribution in [-0.4, -0.2) is 29.9 Å². The van der Waals surface area contributed by atoms with E-state index in [1.54, 1.807) is 18.7 Å². The number of aromatic nitrogens is 2. The summed E-state index contributed by atoms with van der Waals surface area (Å²) in [6, 6.07) is 10.8. The number of hydrogen-bond acceptors (Lipinski definition) is 4. The van der Waals surface area contributed by atoms with Crippen molar-refractivity contribution in [1.82, 2.24) is 14.9 Å². The third-order valence-corrected chi connectivity index (χ3v) is 5.31. The maximum atomic E-state index is 13.7. The van der Waals surface area contributed by atoms with Gasteiger partial charge in [0.05, 0.1) is 16.9 Å². The van der Waals surface area contributed by atoms with E-state index in [2.05, 4.69) is 15.0 Å². The monoisotopic (exact) mass is 402 g/mol. The Kier molecular flexibility index (Phi) is 5.74. The average molecular weight is 402 g/mol. The number of imidazole rings is 1. The number of benzene rings is 2. The topological polar surface area (TPSA) is 93.1 Å². The van der Waals surface area contributed by atoms with Crippen molar-refractivity contribution in [3.05, 3.63) is 78.6 Å². The molecule has 146 valence electrons. The zero-order chi connectivity index (χ0) is 20.1. The molecule has 1 heterocycles. The van der Waals surface area contributed by atoms with E-state index in [4.69, 9.17) is 0 Å². The highest BCUT2D eigenvalue weighted by Gasteiger charge is 2.18. The van der Waals surface area contributed by atoms with Crippen molar-refractivity contribution >= 4 is 21.6 Å². The SMILES string of the molecule is CC(Cn1ccnc1)NC(=O)c1cccc(S(=O)(=O)Nc2ccccc2F)c1. The van der Waals surface area contributed by atoms with E-state index in [9.17, 15) is 17.6 Å². The second-order valence-corrected chi connectivity index (χ2v) is 7.93. The van der Waals surface area contributed by atoms with Gasteiger partial charge in [0.1, 0.15) is 5.82 Å². The molecule has 1 amide bonds. The molecule has 3 rings (SSSR count). The molecule has 9 heteroatoms. The number of carbonyl (C=O) groups is 1. The first-order chi connectivity index (χ1) is 13.3. The Bertz CT molecular complexity index is 1070. The number of para-hydroxylation sites is 1. The van der Waals surface area contributed by atoms with Crippen LogP contribution in [0.25, 0.3) is 0 Å². The summed E-state index contributed by atoms with van der Waals surface area (Å²) in [5, 5.41) is 2.81. The quantitative estimate of drug-likeness (QED) is 0.635. The second-order valence-electron chi connectivity index (χ2n) is 6.25. The fourth-order valence-corrected chi connectivity index (χ4v) is 3.73. The van der Waals surface area contributed by atoms with Gasteiger partial charge in [-0.05, 0) is 37.3 Å². The van der Waals surface area contributed by atoms with Gasteiger partial charge in [0.25, 0.3) is 15.9 Å². The minimum atomic E-state index is -4.04. The van der Waals surface area contributed by atoms with Gasteiger partial charge in [-0.3, -0.25) is 9.52 Å². The van der Waals surface area contributed by atoms with Gasteiger partial charge < -0.3 is 9.88 Å². The van der Waals surface area contributed by atoms with Crippen LogP contribution in [0.5, 0.6) is 0 Å². The molecule has 0 saturated heterocycles. The maximum absolute atomic E-state index is 13.7. The van der Waals surface area contributed by atoms with Crippen molar-refractivity contribution in [2.75, 3.05) is 4.72 Å². The summed E-state index contributed by atoms with van der Waals surface area (Å²) < 4.78 is 42.8. The first-order valence-corrected chi connectivity index (χ1v) is 9.97. The summed E-state index contributed by atoms with van der Waals surface area (Å²) in [4.78, 5) is 16.3. The summed E-state index contributed by atoms with van der Waals surface area (Å²) >= 11 is 0. The summed E-state index contributed by atoms with van der Waals surface area (Å²) in [6.07, 6.45) is 5.07. The molecule has 1 atom stereocenters. The van der Waals surface area contributed by atoms with Crippen LogP contribution in [0.2, 0.25) is 0 Å². The van der Waals surface area contributed by atoms with Gasteiger partial charge in [0, 0.05) is 30.5 Å². The Labute approximate surface area is 162 Å². The van der Waals surface area contributed by atoms with Gasteiger partial charge in [0.2, 0.25) is 0 Å². The van der Waals surface area contributed by atoms with E-state index in [1.807, 2.05) is 11.5 Å². The van der Waals surface area contributed by atoms with Gasteiger partial charge in [-0.15, -0.1) is 0 Å². The summed E-state index contributed by atoms with van der Waals surface area (Å²) in [5.41, 5.74) is 0.0280. The van der Waals surface area contributed by atoms with Gasteiger partial charge in [-0.2, -0.15) is 0 Å². The van der Waals surface area contributed by atoms with Crippen molar-refractivity contribution in [3.8, 4) is 0 Å². The summed E-state index contributed by atoms with van der Waals surface area (Å²) in [6.45, 7) is 2.36. The van der Waals surface area contributed by atoms with Gasteiger partial charge in [-0.25, -0.2) is 17.8 Å². The average Bonchev–Trinajstić information content (AvgIpc) is 3.16. The standard InChI is InChI=1S/C19H19FN4O3S/c1-14(12-24-10-9-21-13-24)22-19(25)15-5-4-6-16(11-15)28(26,27)23-18-8-3-2-7-17(18)20/h2-11,13-14,23H,12H2,1H3,(H,22,25). The lowest BCUT2D eigenvalue weighted by molar-refractivity contribution is 0.0936. The first kappa shape index (κ1) is 19.6. The van der Waals surface area contributed by atoms with Crippen molar-refractivity contribution in [2.24, 2.45) is 0 Å². The van der Waals surface area contributed by atoms with Crippen LogP contribution in [0.4, 0.5) is 10.1 Å². The molecule has 1 unspecified atom stereocenters. The molecule has 7 nitrogen and oxygen atoms in total. The highest BCUT2D eigenvalue weighted by Crippen LogP contribution is 2.19. The van der Waals surface area contributed by atoms with E-state index >= 15 is 0 Å². The molecule has 0 radical (unpaired) electrons. The third-order valence-electron chi connectivity index (χ3n) is 3.95. The van der Waals surface area contributed by atoms with E-state index in [0.717, 1.165) is 6.07 Å². The molecular weight excluding hydrogens is 383 g/mol. The van der Waals surface area contributed by atoms with Gasteiger partial charge in [-0.1, -0.05) is 18.2 Å². The third kappa shape index (κ3) is 4.74. The van der Waals surface area contributed by atoms with Crippen LogP contribution in [-0.2, 0) is 16.6 Å². The van der Waals surface area contributed by atoms with Crippen LogP contribution >= 0.6 is 0 Å². The molecule has 0 aliphatic carbocycles. The van der Waals surface area contributed by atoms with E-state index in [1.165, 1.54) is 42.5 Å². The number of nitrogens with zero attached hydrogens (tertiary/aromatic N) is 2. The van der Waals surface area contributed by atoms with Gasteiger partial charge in [0.15, 0.2) is 0 Å². The van der Waals surface area contributed by atoms with Crippen molar-refractivity contribution in [3.63, 3.8) is 0 Å². The number of halogens is 1. The number of nitrogens with one attached hydrogen (secondary N) is 2. The fourth-order valence-electron chi connectivity index (χ4n) is 2.62. The largest absolute Gasteiger partial charge is 0.348 e. The Morgan fingerprint density at radius 3 is 2.71 bits per heavy atom. The highest BCUT2D eigenvalue weighted by molar-refractivity contribution is 7.92. The Hall–Kier alpha value is -3.20. The first-order valence-electron chi connectivity index (χ1n) is 8.49. The zero-order valence-corrected chi connectivity index (χ0v) is 15.9. The van der Waals surface area contributed by atoms with Crippen molar-refractivity contribution in [2.45, 2.75) is 24.4 Å². The number of sulfonamides is 1. The highest BCUT2D eigenvalue weighted by atomic mass is 32.2. The van der Waals surface area contributed by atoms with Crippen molar-refractivity contribution in [1.29, 1.82) is 0 Å². The number of anilines is 1. The number of rotatable bonds is 7. The number of amides is 1. The van der Waals surface area contributed by atoms with Gasteiger partial charge >= 0.3 is 0 Å². The number of carbonyl (C=O) groups excluding carboxylic acids is 1. The molecule has 0 spiro atoms. The smallest absolute Gasteiger partial charge is 0.262 e. The molecule has 0 saturated carbocycles. The van der Waals surface area contributed by atoms with Crippen LogP contribution < -0.4 is 10.0 Å². The summed E-state index contributed by atoms with van der Waals surface area (Å²) in [7, 11) is -4.04. The van der Waals surface area contributed by atoms with E-state index in [-0.39, 0.29) is 22.2 Å². The predicted molar refractivity (Wildman–Crippen MR) is 103 cm³/mol. The van der Waals surface area contributed by atoms with Crippen LogP contribution in [0.3, 0.4) is 0 Å². The Balaban J connectivity index is 1.73. The number of hydrogen-bond donors (Lipinski definition) is 2. The zero-order valence-electron chi connectivity index (χ0n) is 15.0. The Morgan fingerprint density at radius 1 is 1.21 bits per heavy atom. The molecule has 2 aromatic carbocycles. The van der Waals surface area contributed by atoms with E-state index in [0.29, 0.717) is 6.54 Å². The Morgan fingerprint density at radius 2 is 2.00 bits per heavy atom. The van der Waals surface area contributed by atoms with Crippen molar-refractivity contribution < 1.29 is 17.6 Å². The predicted octanol–water partition coefficient (Wildman–Crippen LogP) is 2.64. The fraction of sp³-hybridized carbons (Fsp3) is 0.158. The molecule has 0 aliphatic rings. The molecule has 0 bridgehead atoms. The second kappa shape index (κ2) is 8.22. The molecule has 3 aromatic rings. The molecule has 28 heavy (non-hydrogen) atoms. The minimum Gasteiger partial charge on any atom is -0.348 e. The minimum absolute atomic E-state index is 0.134. The van der Waals surface area contributed by atoms with Crippen LogP contribution in [0.15, 0.2) is 72.1 Å². The normalized spacial score (nSPS) is 12.4. The molecule has 1 aromatic heterocycles. The maximum Gasteiger partial charge on any atom is 0.262 e. The summed E-state index contributed by atoms with van der Waals surface area (Å²) in [5.74, 6) is -1.09. The lowest BCUT2D eigenvalue weighted by Crippen LogP contribution is -2.35. The lowest BCUT2D eigenvalue weighted by Gasteiger charge is -2.15. The van der Waals surface area contributed by atoms with Crippen LogP contribution in [0, 0.1) is 5.82 Å². The molecule has 2 N–H and O–H groups in total. The molecule has 0 aliphatic heterocycles. The molecular formula is C19H19FN4O3S.